The van der Waals surface area contributed by atoms with Gasteiger partial charge in [0.05, 0.1) is 19.8 Å². The molecule has 0 amide bonds. The predicted octanol–water partition coefficient (Wildman–Crippen LogP) is 2.60. The van der Waals surface area contributed by atoms with Gasteiger partial charge < -0.3 is 19.3 Å². The second-order valence-electron chi connectivity index (χ2n) is 4.30. The van der Waals surface area contributed by atoms with Gasteiger partial charge in [0.15, 0.2) is 0 Å². The summed E-state index contributed by atoms with van der Waals surface area (Å²) >= 11 is 0. The summed E-state index contributed by atoms with van der Waals surface area (Å²) in [6.45, 7) is 0.330. The highest BCUT2D eigenvalue weighted by Gasteiger charge is 2.15. The Morgan fingerprint density at radius 1 is 1.00 bits per heavy atom. The van der Waals surface area contributed by atoms with Crippen LogP contribution in [0.1, 0.15) is 10.4 Å². The molecule has 0 bridgehead atoms. The van der Waals surface area contributed by atoms with Crippen molar-refractivity contribution in [2.75, 3.05) is 14.2 Å². The van der Waals surface area contributed by atoms with Gasteiger partial charge in [-0.1, -0.05) is 0 Å². The largest absolute Gasteiger partial charge is 0.496 e. The molecular formula is C16H14O6. The minimum atomic E-state index is -1.04. The lowest BCUT2D eigenvalue weighted by Crippen LogP contribution is -1.99. The van der Waals surface area contributed by atoms with E-state index in [9.17, 15) is 9.59 Å². The fraction of sp³-hybridized carbons (Fsp3) is 0.125. The van der Waals surface area contributed by atoms with Crippen LogP contribution in [-0.2, 0) is 4.79 Å². The molecule has 2 aromatic rings. The zero-order valence-corrected chi connectivity index (χ0v) is 12.0. The van der Waals surface area contributed by atoms with Gasteiger partial charge in [0.25, 0.3) is 6.47 Å². The van der Waals surface area contributed by atoms with E-state index in [1.807, 2.05) is 0 Å². The van der Waals surface area contributed by atoms with Gasteiger partial charge in [0, 0.05) is 17.2 Å². The predicted molar refractivity (Wildman–Crippen MR) is 78.6 cm³/mol. The first-order valence-corrected chi connectivity index (χ1v) is 6.30. The van der Waals surface area contributed by atoms with Crippen molar-refractivity contribution in [1.29, 1.82) is 0 Å². The van der Waals surface area contributed by atoms with Gasteiger partial charge in [-0.05, 0) is 30.3 Å². The first-order chi connectivity index (χ1) is 10.6. The summed E-state index contributed by atoms with van der Waals surface area (Å²) < 4.78 is 15.3. The van der Waals surface area contributed by atoms with Crippen LogP contribution in [0.25, 0.3) is 11.1 Å². The molecular weight excluding hydrogens is 288 g/mol. The number of carbonyl (C=O) groups is 2. The topological polar surface area (TPSA) is 82.1 Å². The fourth-order valence-electron chi connectivity index (χ4n) is 2.07. The van der Waals surface area contributed by atoms with Crippen LogP contribution in [0.2, 0.25) is 0 Å². The summed E-state index contributed by atoms with van der Waals surface area (Å²) in [4.78, 5) is 21.4. The molecule has 1 N–H and O–H groups in total. The van der Waals surface area contributed by atoms with Crippen molar-refractivity contribution < 1.29 is 28.9 Å². The summed E-state index contributed by atoms with van der Waals surface area (Å²) in [5, 5.41) is 9.03. The lowest BCUT2D eigenvalue weighted by atomic mass is 10.0. The number of aromatic carboxylic acids is 1. The van der Waals surface area contributed by atoms with Crippen LogP contribution in [0.5, 0.6) is 17.2 Å². The minimum absolute atomic E-state index is 0.125. The Morgan fingerprint density at radius 3 is 2.14 bits per heavy atom. The van der Waals surface area contributed by atoms with Crippen molar-refractivity contribution in [1.82, 2.24) is 0 Å². The molecule has 0 heterocycles. The number of benzene rings is 2. The van der Waals surface area contributed by atoms with E-state index in [2.05, 4.69) is 0 Å². The molecule has 0 fully saturated rings. The lowest BCUT2D eigenvalue weighted by molar-refractivity contribution is -0.120. The van der Waals surface area contributed by atoms with E-state index < -0.39 is 5.97 Å². The molecule has 22 heavy (non-hydrogen) atoms. The Hall–Kier alpha value is -3.02. The van der Waals surface area contributed by atoms with Gasteiger partial charge in [-0.2, -0.15) is 0 Å². The van der Waals surface area contributed by atoms with E-state index in [-0.39, 0.29) is 5.56 Å². The summed E-state index contributed by atoms with van der Waals surface area (Å²) in [6.07, 6.45) is 0. The summed E-state index contributed by atoms with van der Waals surface area (Å²) in [5.41, 5.74) is 1.48. The van der Waals surface area contributed by atoms with Crippen molar-refractivity contribution in [3.05, 3.63) is 42.0 Å². The maximum Gasteiger partial charge on any atom is 0.335 e. The van der Waals surface area contributed by atoms with Crippen molar-refractivity contribution in [2.45, 2.75) is 0 Å². The lowest BCUT2D eigenvalue weighted by Gasteiger charge is -2.13. The highest BCUT2D eigenvalue weighted by molar-refractivity contribution is 5.90. The Labute approximate surface area is 126 Å². The zero-order chi connectivity index (χ0) is 16.1. The number of carbonyl (C=O) groups excluding carboxylic acids is 1. The SMILES string of the molecule is COc1cc(OC=O)ccc1-c1ccc(C(=O)O)cc1OC. The van der Waals surface area contributed by atoms with Crippen LogP contribution >= 0.6 is 0 Å². The average Bonchev–Trinajstić information content (AvgIpc) is 2.54. The molecule has 0 saturated heterocycles. The highest BCUT2D eigenvalue weighted by Crippen LogP contribution is 2.38. The van der Waals surface area contributed by atoms with Gasteiger partial charge in [0.2, 0.25) is 0 Å². The number of ether oxygens (including phenoxy) is 3. The number of hydrogen-bond acceptors (Lipinski definition) is 5. The molecule has 0 saturated carbocycles. The van der Waals surface area contributed by atoms with Crippen molar-refractivity contribution in [3.63, 3.8) is 0 Å². The van der Waals surface area contributed by atoms with Crippen LogP contribution in [-0.4, -0.2) is 31.8 Å². The van der Waals surface area contributed by atoms with Crippen LogP contribution in [0.15, 0.2) is 36.4 Å². The van der Waals surface area contributed by atoms with Crippen LogP contribution in [0.4, 0.5) is 0 Å². The first kappa shape index (κ1) is 15.4. The van der Waals surface area contributed by atoms with E-state index in [1.54, 1.807) is 24.3 Å². The van der Waals surface area contributed by atoms with E-state index in [0.29, 0.717) is 34.8 Å². The summed E-state index contributed by atoms with van der Waals surface area (Å²) in [5.74, 6) is 0.186. The van der Waals surface area contributed by atoms with Crippen LogP contribution in [0.3, 0.4) is 0 Å². The monoisotopic (exact) mass is 302 g/mol. The third kappa shape index (κ3) is 3.01. The molecule has 0 aliphatic heterocycles. The number of hydrogen-bond donors (Lipinski definition) is 1. The molecule has 6 heteroatoms. The zero-order valence-electron chi connectivity index (χ0n) is 12.0. The van der Waals surface area contributed by atoms with Gasteiger partial charge in [-0.25, -0.2) is 4.79 Å². The Morgan fingerprint density at radius 2 is 1.59 bits per heavy atom. The molecule has 0 aliphatic rings. The second kappa shape index (κ2) is 6.62. The fourth-order valence-corrected chi connectivity index (χ4v) is 2.07. The summed E-state index contributed by atoms with van der Waals surface area (Å²) in [7, 11) is 2.95. The molecule has 114 valence electrons. The third-order valence-electron chi connectivity index (χ3n) is 3.10. The maximum absolute atomic E-state index is 11.0. The number of carboxylic acid groups (broad SMARTS) is 1. The number of methoxy groups -OCH3 is 2. The number of carboxylic acids is 1. The standard InChI is InChI=1S/C16H14O6/c1-20-14-7-10(16(18)19)3-5-12(14)13-6-4-11(22-9-17)8-15(13)21-2/h3-9H,1-2H3,(H,18,19). The molecule has 6 nitrogen and oxygen atoms in total. The highest BCUT2D eigenvalue weighted by atomic mass is 16.5. The van der Waals surface area contributed by atoms with E-state index in [0.717, 1.165) is 0 Å². The summed E-state index contributed by atoms with van der Waals surface area (Å²) in [6, 6.07) is 9.43. The molecule has 0 atom stereocenters. The van der Waals surface area contributed by atoms with Crippen LogP contribution < -0.4 is 14.2 Å². The van der Waals surface area contributed by atoms with Gasteiger partial charge in [-0.15, -0.1) is 0 Å². The molecule has 2 rings (SSSR count). The normalized spacial score (nSPS) is 9.91. The molecule has 0 aromatic heterocycles. The Balaban J connectivity index is 2.55. The van der Waals surface area contributed by atoms with Crippen LogP contribution in [0, 0.1) is 0 Å². The number of rotatable bonds is 6. The van der Waals surface area contributed by atoms with E-state index in [4.69, 9.17) is 19.3 Å². The average molecular weight is 302 g/mol. The van der Waals surface area contributed by atoms with E-state index in [1.165, 1.54) is 26.4 Å². The Bertz CT molecular complexity index is 708. The van der Waals surface area contributed by atoms with Gasteiger partial charge >= 0.3 is 5.97 Å². The third-order valence-corrected chi connectivity index (χ3v) is 3.10. The van der Waals surface area contributed by atoms with Gasteiger partial charge in [0.1, 0.15) is 17.2 Å². The smallest absolute Gasteiger partial charge is 0.335 e. The Kier molecular flexibility index (Phi) is 4.63. The second-order valence-corrected chi connectivity index (χ2v) is 4.30. The molecule has 0 radical (unpaired) electrons. The van der Waals surface area contributed by atoms with Crippen molar-refractivity contribution in [3.8, 4) is 28.4 Å². The van der Waals surface area contributed by atoms with Gasteiger partial charge in [-0.3, -0.25) is 4.79 Å². The molecule has 0 aliphatic carbocycles. The maximum atomic E-state index is 11.0. The quantitative estimate of drug-likeness (QED) is 0.826. The molecule has 0 unspecified atom stereocenters. The van der Waals surface area contributed by atoms with Crippen molar-refractivity contribution in [2.24, 2.45) is 0 Å². The molecule has 2 aromatic carbocycles. The molecule has 0 spiro atoms. The van der Waals surface area contributed by atoms with Crippen molar-refractivity contribution >= 4 is 12.4 Å². The first-order valence-electron chi connectivity index (χ1n) is 6.30. The minimum Gasteiger partial charge on any atom is -0.496 e. The van der Waals surface area contributed by atoms with E-state index >= 15 is 0 Å².